The van der Waals surface area contributed by atoms with Gasteiger partial charge in [0.1, 0.15) is 5.00 Å². The van der Waals surface area contributed by atoms with E-state index in [1.54, 1.807) is 19.1 Å². The molecule has 0 spiro atoms. The highest BCUT2D eigenvalue weighted by molar-refractivity contribution is 7.99. The number of aromatic nitrogens is 2. The predicted octanol–water partition coefficient (Wildman–Crippen LogP) is 5.48. The van der Waals surface area contributed by atoms with Crippen LogP contribution in [0.15, 0.2) is 33.9 Å². The maximum atomic E-state index is 12.6. The molecule has 3 aromatic rings. The Bertz CT molecular complexity index is 1140. The number of hydrogen-bond acceptors (Lipinski definition) is 8. The molecule has 2 aromatic heterocycles. The smallest absolute Gasteiger partial charge is 0.341 e. The van der Waals surface area contributed by atoms with Gasteiger partial charge in [0.05, 0.1) is 28.5 Å². The van der Waals surface area contributed by atoms with Crippen molar-refractivity contribution in [1.82, 2.24) is 10.2 Å². The number of nitrogens with one attached hydrogen (secondary N) is 1. The summed E-state index contributed by atoms with van der Waals surface area (Å²) in [7, 11) is 0. The Balaban J connectivity index is 1.44. The molecule has 0 fully saturated rings. The predicted molar refractivity (Wildman–Crippen MR) is 126 cm³/mol. The number of amides is 1. The minimum absolute atomic E-state index is 0.0609. The van der Waals surface area contributed by atoms with Crippen molar-refractivity contribution in [2.24, 2.45) is 5.92 Å². The van der Waals surface area contributed by atoms with Gasteiger partial charge >= 0.3 is 5.97 Å². The molecule has 0 aliphatic heterocycles. The molecule has 0 saturated carbocycles. The molecule has 7 nitrogen and oxygen atoms in total. The first-order valence-corrected chi connectivity index (χ1v) is 12.5. The maximum Gasteiger partial charge on any atom is 0.341 e. The summed E-state index contributed by atoms with van der Waals surface area (Å²) in [6.45, 7) is 4.26. The number of benzene rings is 1. The minimum Gasteiger partial charge on any atom is -0.462 e. The van der Waals surface area contributed by atoms with E-state index in [0.29, 0.717) is 33.0 Å². The van der Waals surface area contributed by atoms with Crippen molar-refractivity contribution in [1.29, 1.82) is 0 Å². The lowest BCUT2D eigenvalue weighted by atomic mass is 9.88. The molecule has 10 heteroatoms. The molecular weight excluding hydrogens is 470 g/mol. The molecule has 4 rings (SSSR count). The van der Waals surface area contributed by atoms with Crippen LogP contribution in [-0.2, 0) is 22.4 Å². The van der Waals surface area contributed by atoms with Crippen molar-refractivity contribution in [2.45, 2.75) is 38.3 Å². The summed E-state index contributed by atoms with van der Waals surface area (Å²) in [6, 6.07) is 7.17. The highest BCUT2D eigenvalue weighted by atomic mass is 35.5. The molecule has 1 atom stereocenters. The second kappa shape index (κ2) is 10.1. The lowest BCUT2D eigenvalue weighted by Crippen LogP contribution is -2.17. The van der Waals surface area contributed by atoms with Crippen molar-refractivity contribution in [3.05, 3.63) is 45.3 Å². The maximum absolute atomic E-state index is 12.6. The van der Waals surface area contributed by atoms with Crippen molar-refractivity contribution < 1.29 is 18.7 Å². The monoisotopic (exact) mass is 491 g/mol. The van der Waals surface area contributed by atoms with Crippen LogP contribution in [-0.4, -0.2) is 34.4 Å². The van der Waals surface area contributed by atoms with E-state index >= 15 is 0 Å². The van der Waals surface area contributed by atoms with Gasteiger partial charge < -0.3 is 14.5 Å². The molecule has 1 unspecified atom stereocenters. The van der Waals surface area contributed by atoms with E-state index in [9.17, 15) is 9.59 Å². The first-order valence-electron chi connectivity index (χ1n) is 10.3. The molecule has 0 bridgehead atoms. The van der Waals surface area contributed by atoms with Gasteiger partial charge in [-0.05, 0) is 49.8 Å². The van der Waals surface area contributed by atoms with E-state index in [2.05, 4.69) is 22.4 Å². The Labute approximate surface area is 198 Å². The summed E-state index contributed by atoms with van der Waals surface area (Å²) in [4.78, 5) is 26.4. The zero-order valence-corrected chi connectivity index (χ0v) is 20.0. The summed E-state index contributed by atoms with van der Waals surface area (Å²) < 4.78 is 10.9. The van der Waals surface area contributed by atoms with Crippen LogP contribution in [0, 0.1) is 5.92 Å². The van der Waals surface area contributed by atoms with Gasteiger partial charge in [-0.3, -0.25) is 4.79 Å². The molecule has 32 heavy (non-hydrogen) atoms. The number of thiophene rings is 1. The highest BCUT2D eigenvalue weighted by Gasteiger charge is 2.29. The number of anilines is 1. The molecule has 2 heterocycles. The topological polar surface area (TPSA) is 94.3 Å². The van der Waals surface area contributed by atoms with Crippen LogP contribution in [0.2, 0.25) is 5.02 Å². The molecule has 168 valence electrons. The largest absolute Gasteiger partial charge is 0.462 e. The van der Waals surface area contributed by atoms with Crippen LogP contribution in [0.5, 0.6) is 0 Å². The number of fused-ring (bicyclic) bond motifs is 1. The zero-order valence-electron chi connectivity index (χ0n) is 17.6. The van der Waals surface area contributed by atoms with Gasteiger partial charge in [0.2, 0.25) is 11.8 Å². The number of nitrogens with zero attached hydrogens (tertiary/aromatic N) is 2. The lowest BCUT2D eigenvalue weighted by molar-refractivity contribution is -0.113. The molecule has 1 amide bonds. The number of hydrogen-bond donors (Lipinski definition) is 1. The normalized spacial score (nSPS) is 15.3. The number of rotatable bonds is 7. The van der Waals surface area contributed by atoms with Gasteiger partial charge in [-0.1, -0.05) is 42.4 Å². The highest BCUT2D eigenvalue weighted by Crippen LogP contribution is 2.40. The fraction of sp³-hybridized carbons (Fsp3) is 0.364. The average Bonchev–Trinajstić information content (AvgIpc) is 3.36. The number of thioether (sulfide) groups is 1. The van der Waals surface area contributed by atoms with Crippen LogP contribution in [0.3, 0.4) is 0 Å². The molecule has 1 N–H and O–H groups in total. The summed E-state index contributed by atoms with van der Waals surface area (Å²) >= 11 is 8.75. The second-order valence-corrected chi connectivity index (χ2v) is 9.91. The number of carbonyl (C=O) groups excluding carboxylic acids is 2. The van der Waals surface area contributed by atoms with Crippen LogP contribution in [0.25, 0.3) is 11.5 Å². The van der Waals surface area contributed by atoms with Crippen molar-refractivity contribution in [2.75, 3.05) is 17.7 Å². The van der Waals surface area contributed by atoms with Gasteiger partial charge in [0.25, 0.3) is 5.22 Å². The van der Waals surface area contributed by atoms with E-state index < -0.39 is 0 Å². The van der Waals surface area contributed by atoms with Gasteiger partial charge in [0.15, 0.2) is 0 Å². The number of halogens is 1. The van der Waals surface area contributed by atoms with Gasteiger partial charge in [0, 0.05) is 4.88 Å². The zero-order chi connectivity index (χ0) is 22.7. The molecule has 1 aliphatic rings. The molecule has 0 radical (unpaired) electrons. The Morgan fingerprint density at radius 2 is 2.16 bits per heavy atom. The third-order valence-corrected chi connectivity index (χ3v) is 7.40. The van der Waals surface area contributed by atoms with Crippen LogP contribution >= 0.6 is 34.7 Å². The minimum atomic E-state index is -0.385. The Morgan fingerprint density at radius 3 is 2.94 bits per heavy atom. The van der Waals surface area contributed by atoms with Crippen molar-refractivity contribution in [3.8, 4) is 11.5 Å². The van der Waals surface area contributed by atoms with Crippen molar-refractivity contribution >= 4 is 51.6 Å². The number of carbonyl (C=O) groups is 2. The Hall–Kier alpha value is -2.36. The first kappa shape index (κ1) is 22.8. The molecule has 0 saturated heterocycles. The summed E-state index contributed by atoms with van der Waals surface area (Å²) in [5.41, 5.74) is 2.14. The average molecular weight is 492 g/mol. The SMILES string of the molecule is CCOC(=O)c1c(NC(=O)CSc2nnc(-c3ccccc3Cl)o2)sc2c1CCC(C)C2. The quantitative estimate of drug-likeness (QED) is 0.345. The van der Waals surface area contributed by atoms with E-state index in [-0.39, 0.29) is 29.5 Å². The van der Waals surface area contributed by atoms with E-state index in [4.69, 9.17) is 20.8 Å². The first-order chi connectivity index (χ1) is 15.5. The van der Waals surface area contributed by atoms with Gasteiger partial charge in [-0.25, -0.2) is 4.79 Å². The number of ether oxygens (including phenoxy) is 1. The van der Waals surface area contributed by atoms with Crippen LogP contribution in [0.1, 0.15) is 41.1 Å². The van der Waals surface area contributed by atoms with Crippen molar-refractivity contribution in [3.63, 3.8) is 0 Å². The van der Waals surface area contributed by atoms with Crippen LogP contribution in [0.4, 0.5) is 5.00 Å². The molecule has 1 aromatic carbocycles. The second-order valence-electron chi connectivity index (χ2n) is 7.47. The van der Waals surface area contributed by atoms with E-state index in [1.165, 1.54) is 11.3 Å². The Morgan fingerprint density at radius 1 is 1.34 bits per heavy atom. The third kappa shape index (κ3) is 5.00. The van der Waals surface area contributed by atoms with E-state index in [1.807, 2.05) is 12.1 Å². The van der Waals surface area contributed by atoms with Gasteiger partial charge in [-0.2, -0.15) is 0 Å². The fourth-order valence-electron chi connectivity index (χ4n) is 3.56. The Kier molecular flexibility index (Phi) is 7.17. The summed E-state index contributed by atoms with van der Waals surface area (Å²) in [5.74, 6) is 0.266. The number of esters is 1. The summed E-state index contributed by atoms with van der Waals surface area (Å²) in [5, 5.41) is 12.2. The molecular formula is C22H22ClN3O4S2. The van der Waals surface area contributed by atoms with Crippen LogP contribution < -0.4 is 5.32 Å². The molecule has 1 aliphatic carbocycles. The van der Waals surface area contributed by atoms with E-state index in [0.717, 1.165) is 41.5 Å². The third-order valence-electron chi connectivity index (χ3n) is 5.08. The lowest BCUT2D eigenvalue weighted by Gasteiger charge is -2.18. The van der Waals surface area contributed by atoms with Gasteiger partial charge in [-0.15, -0.1) is 21.5 Å². The standard InChI is InChI=1S/C22H22ClN3O4S2/c1-3-29-21(28)18-14-9-8-12(2)10-16(14)32-20(18)24-17(27)11-31-22-26-25-19(30-22)13-6-4-5-7-15(13)23/h4-7,12H,3,8-11H2,1-2H3,(H,24,27). The fourth-order valence-corrected chi connectivity index (χ4v) is 5.75. The summed E-state index contributed by atoms with van der Waals surface area (Å²) in [6.07, 6.45) is 2.74.